The minimum absolute atomic E-state index is 0.0469. The van der Waals surface area contributed by atoms with Crippen molar-refractivity contribution in [1.29, 1.82) is 5.26 Å². The summed E-state index contributed by atoms with van der Waals surface area (Å²) < 4.78 is 1.45. The molecule has 0 aliphatic rings. The Bertz CT molecular complexity index is 580. The maximum atomic E-state index is 10.7. The van der Waals surface area contributed by atoms with Crippen LogP contribution in [0.3, 0.4) is 0 Å². The van der Waals surface area contributed by atoms with Crippen LogP contribution in [-0.2, 0) is 6.54 Å². The second-order valence-corrected chi connectivity index (χ2v) is 3.45. The molecule has 2 aromatic rings. The van der Waals surface area contributed by atoms with Crippen molar-refractivity contribution in [2.75, 3.05) is 0 Å². The van der Waals surface area contributed by atoms with E-state index in [2.05, 4.69) is 4.98 Å². The van der Waals surface area contributed by atoms with E-state index in [1.165, 1.54) is 17.1 Å². The van der Waals surface area contributed by atoms with E-state index in [9.17, 15) is 10.1 Å². The molecule has 0 saturated heterocycles. The van der Waals surface area contributed by atoms with E-state index in [0.29, 0.717) is 12.1 Å². The van der Waals surface area contributed by atoms with Crippen LogP contribution in [0.5, 0.6) is 0 Å². The Labute approximate surface area is 96.9 Å². The molecule has 84 valence electrons. The van der Waals surface area contributed by atoms with Crippen molar-refractivity contribution in [3.05, 3.63) is 58.0 Å². The molecular weight excluding hydrogens is 220 g/mol. The van der Waals surface area contributed by atoms with E-state index in [4.69, 9.17) is 5.26 Å². The van der Waals surface area contributed by atoms with Gasteiger partial charge in [0.1, 0.15) is 12.7 Å². The molecule has 6 nitrogen and oxygen atoms in total. The molecule has 0 bridgehead atoms. The molecule has 1 aromatic carbocycles. The van der Waals surface area contributed by atoms with E-state index in [1.807, 2.05) is 6.07 Å². The first-order chi connectivity index (χ1) is 8.20. The van der Waals surface area contributed by atoms with Gasteiger partial charge < -0.3 is 10.1 Å². The number of nitriles is 1. The predicted octanol–water partition coefficient (Wildman–Crippen LogP) is 1.71. The molecule has 17 heavy (non-hydrogen) atoms. The number of hydrogen-bond donors (Lipinski definition) is 0. The third-order valence-corrected chi connectivity index (χ3v) is 2.31. The van der Waals surface area contributed by atoms with Crippen LogP contribution in [0.1, 0.15) is 11.1 Å². The summed E-state index contributed by atoms with van der Waals surface area (Å²) in [5.74, 6) is -0.0469. The van der Waals surface area contributed by atoms with Crippen molar-refractivity contribution in [3.8, 4) is 6.07 Å². The van der Waals surface area contributed by atoms with Crippen molar-refractivity contribution in [2.24, 2.45) is 0 Å². The molecule has 0 saturated carbocycles. The van der Waals surface area contributed by atoms with Gasteiger partial charge in [0.15, 0.2) is 6.33 Å². The Hall–Kier alpha value is -2.68. The molecule has 0 amide bonds. The van der Waals surface area contributed by atoms with E-state index in [1.54, 1.807) is 24.3 Å². The highest BCUT2D eigenvalue weighted by Crippen LogP contribution is 2.13. The second-order valence-electron chi connectivity index (χ2n) is 3.45. The Balaban J connectivity index is 2.23. The lowest BCUT2D eigenvalue weighted by atomic mass is 10.1. The van der Waals surface area contributed by atoms with Gasteiger partial charge in [-0.2, -0.15) is 5.26 Å². The van der Waals surface area contributed by atoms with E-state index in [-0.39, 0.29) is 5.82 Å². The number of nitro groups is 1. The SMILES string of the molecule is N#Cc1ccc(Cn2cncc2[N+](=O)[O-])cc1. The lowest BCUT2D eigenvalue weighted by Crippen LogP contribution is -2.02. The van der Waals surface area contributed by atoms with Gasteiger partial charge in [0.05, 0.1) is 11.6 Å². The third-order valence-electron chi connectivity index (χ3n) is 2.31. The lowest BCUT2D eigenvalue weighted by molar-refractivity contribution is -0.392. The molecule has 0 fully saturated rings. The summed E-state index contributed by atoms with van der Waals surface area (Å²) in [6.07, 6.45) is 2.62. The van der Waals surface area contributed by atoms with Gasteiger partial charge in [0, 0.05) is 0 Å². The van der Waals surface area contributed by atoms with Crippen LogP contribution < -0.4 is 0 Å². The molecule has 1 aromatic heterocycles. The maximum Gasteiger partial charge on any atom is 0.342 e. The first kappa shape index (κ1) is 10.8. The Morgan fingerprint density at radius 2 is 2.12 bits per heavy atom. The fraction of sp³-hybridized carbons (Fsp3) is 0.0909. The average molecular weight is 228 g/mol. The molecule has 0 N–H and O–H groups in total. The minimum Gasteiger partial charge on any atom is -0.358 e. The lowest BCUT2D eigenvalue weighted by Gasteiger charge is -2.01. The van der Waals surface area contributed by atoms with Gasteiger partial charge in [0.25, 0.3) is 0 Å². The summed E-state index contributed by atoms with van der Waals surface area (Å²) in [6, 6.07) is 8.90. The minimum atomic E-state index is -0.476. The quantitative estimate of drug-likeness (QED) is 0.591. The van der Waals surface area contributed by atoms with Gasteiger partial charge >= 0.3 is 5.82 Å². The number of aromatic nitrogens is 2. The zero-order valence-electron chi connectivity index (χ0n) is 8.78. The first-order valence-electron chi connectivity index (χ1n) is 4.84. The fourth-order valence-electron chi connectivity index (χ4n) is 1.47. The molecular formula is C11H8N4O2. The highest BCUT2D eigenvalue weighted by molar-refractivity contribution is 5.32. The van der Waals surface area contributed by atoms with Gasteiger partial charge in [-0.3, -0.25) is 0 Å². The fourth-order valence-corrected chi connectivity index (χ4v) is 1.47. The molecule has 0 spiro atoms. The van der Waals surface area contributed by atoms with Crippen molar-refractivity contribution in [3.63, 3.8) is 0 Å². The van der Waals surface area contributed by atoms with Crippen molar-refractivity contribution >= 4 is 5.82 Å². The van der Waals surface area contributed by atoms with Crippen LogP contribution in [-0.4, -0.2) is 14.5 Å². The van der Waals surface area contributed by atoms with E-state index in [0.717, 1.165) is 5.56 Å². The van der Waals surface area contributed by atoms with Crippen LogP contribution in [0.4, 0.5) is 5.82 Å². The Morgan fingerprint density at radius 3 is 2.71 bits per heavy atom. The van der Waals surface area contributed by atoms with Crippen LogP contribution >= 0.6 is 0 Å². The van der Waals surface area contributed by atoms with Crippen molar-refractivity contribution < 1.29 is 4.92 Å². The molecule has 0 radical (unpaired) electrons. The monoisotopic (exact) mass is 228 g/mol. The van der Waals surface area contributed by atoms with Crippen molar-refractivity contribution in [1.82, 2.24) is 9.55 Å². The van der Waals surface area contributed by atoms with Crippen LogP contribution in [0, 0.1) is 21.4 Å². The predicted molar refractivity (Wildman–Crippen MR) is 59.1 cm³/mol. The van der Waals surface area contributed by atoms with Gasteiger partial charge in [-0.05, 0) is 22.6 Å². The number of nitrogens with zero attached hydrogens (tertiary/aromatic N) is 4. The molecule has 0 atom stereocenters. The van der Waals surface area contributed by atoms with E-state index < -0.39 is 4.92 Å². The largest absolute Gasteiger partial charge is 0.358 e. The molecule has 0 aliphatic carbocycles. The standard InChI is InChI=1S/C11H8N4O2/c12-5-9-1-3-10(4-2-9)7-14-8-13-6-11(14)15(16)17/h1-4,6,8H,7H2. The number of hydrogen-bond acceptors (Lipinski definition) is 4. The summed E-state index contributed by atoms with van der Waals surface area (Å²) in [5.41, 5.74) is 1.44. The summed E-state index contributed by atoms with van der Waals surface area (Å²) in [4.78, 5) is 13.9. The Morgan fingerprint density at radius 1 is 1.41 bits per heavy atom. The Kier molecular flexibility index (Phi) is 2.83. The maximum absolute atomic E-state index is 10.7. The van der Waals surface area contributed by atoms with Crippen molar-refractivity contribution in [2.45, 2.75) is 6.54 Å². The smallest absolute Gasteiger partial charge is 0.342 e. The molecule has 6 heteroatoms. The molecule has 1 heterocycles. The van der Waals surface area contributed by atoms with E-state index >= 15 is 0 Å². The van der Waals surface area contributed by atoms with Gasteiger partial charge in [0.2, 0.25) is 0 Å². The van der Waals surface area contributed by atoms with Gasteiger partial charge in [-0.15, -0.1) is 0 Å². The van der Waals surface area contributed by atoms with Crippen LogP contribution in [0.25, 0.3) is 0 Å². The summed E-state index contributed by atoms with van der Waals surface area (Å²) in [7, 11) is 0. The summed E-state index contributed by atoms with van der Waals surface area (Å²) in [6.45, 7) is 0.363. The topological polar surface area (TPSA) is 84.8 Å². The number of benzene rings is 1. The molecule has 2 rings (SSSR count). The normalized spacial score (nSPS) is 9.82. The average Bonchev–Trinajstić information content (AvgIpc) is 2.78. The zero-order valence-corrected chi connectivity index (χ0v) is 8.78. The first-order valence-corrected chi connectivity index (χ1v) is 4.84. The number of imidazole rings is 1. The molecule has 0 unspecified atom stereocenters. The van der Waals surface area contributed by atoms with Gasteiger partial charge in [-0.25, -0.2) is 9.55 Å². The zero-order chi connectivity index (χ0) is 12.3. The van der Waals surface area contributed by atoms with Crippen LogP contribution in [0.15, 0.2) is 36.8 Å². The second kappa shape index (κ2) is 4.45. The third kappa shape index (κ3) is 2.29. The summed E-state index contributed by atoms with van der Waals surface area (Å²) in [5, 5.41) is 19.3. The highest BCUT2D eigenvalue weighted by Gasteiger charge is 2.12. The summed E-state index contributed by atoms with van der Waals surface area (Å²) >= 11 is 0. The number of rotatable bonds is 3. The highest BCUT2D eigenvalue weighted by atomic mass is 16.6. The van der Waals surface area contributed by atoms with Gasteiger partial charge in [-0.1, -0.05) is 12.1 Å². The van der Waals surface area contributed by atoms with Crippen LogP contribution in [0.2, 0.25) is 0 Å². The molecule has 0 aliphatic heterocycles.